The zero-order chi connectivity index (χ0) is 32.8. The number of piperidine rings is 1. The van der Waals surface area contributed by atoms with Gasteiger partial charge in [0.05, 0.1) is 55.0 Å². The molecule has 2 aromatic rings. The predicted molar refractivity (Wildman–Crippen MR) is 173 cm³/mol. The number of aromatic nitrogens is 2. The number of nitrogens with zero attached hydrogens (tertiary/aromatic N) is 5. The van der Waals surface area contributed by atoms with Crippen molar-refractivity contribution in [3.63, 3.8) is 0 Å². The lowest BCUT2D eigenvalue weighted by Crippen LogP contribution is -2.61. The molecule has 4 saturated heterocycles. The van der Waals surface area contributed by atoms with Crippen LogP contribution in [-0.4, -0.2) is 116 Å². The van der Waals surface area contributed by atoms with Crippen LogP contribution in [0, 0.1) is 11.2 Å². The van der Waals surface area contributed by atoms with E-state index in [1.807, 2.05) is 13.8 Å². The molecule has 256 valence electrons. The summed E-state index contributed by atoms with van der Waals surface area (Å²) in [6, 6.07) is 3.60. The summed E-state index contributed by atoms with van der Waals surface area (Å²) in [4.78, 5) is 28.8. The molecule has 5 fully saturated rings. The van der Waals surface area contributed by atoms with Gasteiger partial charge < -0.3 is 28.9 Å². The van der Waals surface area contributed by atoms with Gasteiger partial charge in [-0.05, 0) is 83.7 Å². The zero-order valence-electron chi connectivity index (χ0n) is 27.1. The standard InChI is InChI=1S/C33H45FN6O6S/c1-22-16-44-17-23(2)40(22)32(41)28-13-24(34)3-8-29(28)46-30-14-35-21-36-31(30)39-19-33(20-39)9-11-38(12-10-33)15-26-5-4-25(18-45-26)37-47(42,43)27-6-7-27/h3,8,13-14,21-23,25-27,37H,4-7,9-12,15-20H2,1-2H3/t22-,23-,25-,26+/m1/s1. The molecule has 4 atom stereocenters. The molecule has 1 aromatic carbocycles. The minimum atomic E-state index is -3.19. The first kappa shape index (κ1) is 32.6. The first-order valence-corrected chi connectivity index (χ1v) is 18.4. The van der Waals surface area contributed by atoms with Crippen LogP contribution in [-0.2, 0) is 19.5 Å². The number of sulfonamides is 1. The zero-order valence-corrected chi connectivity index (χ0v) is 28.0. The van der Waals surface area contributed by atoms with E-state index in [1.165, 1.54) is 24.5 Å². The van der Waals surface area contributed by atoms with Gasteiger partial charge in [-0.2, -0.15) is 0 Å². The van der Waals surface area contributed by atoms with Crippen LogP contribution < -0.4 is 14.4 Å². The molecule has 5 heterocycles. The topological polar surface area (TPSA) is 126 Å². The van der Waals surface area contributed by atoms with Crippen LogP contribution in [0.2, 0.25) is 0 Å². The van der Waals surface area contributed by atoms with Crippen LogP contribution in [0.3, 0.4) is 0 Å². The van der Waals surface area contributed by atoms with Crippen LogP contribution in [0.4, 0.5) is 10.2 Å². The molecule has 47 heavy (non-hydrogen) atoms. The van der Waals surface area contributed by atoms with Crippen LogP contribution in [0.25, 0.3) is 0 Å². The second kappa shape index (κ2) is 13.2. The van der Waals surface area contributed by atoms with Gasteiger partial charge in [-0.3, -0.25) is 4.79 Å². The van der Waals surface area contributed by atoms with Crippen molar-refractivity contribution in [1.82, 2.24) is 24.5 Å². The number of rotatable bonds is 9. The monoisotopic (exact) mass is 672 g/mol. The summed E-state index contributed by atoms with van der Waals surface area (Å²) in [5.74, 6) is 0.540. The first-order chi connectivity index (χ1) is 22.6. The maximum Gasteiger partial charge on any atom is 0.258 e. The highest BCUT2D eigenvalue weighted by Crippen LogP contribution is 2.45. The Morgan fingerprint density at radius 3 is 2.49 bits per heavy atom. The number of anilines is 1. The Morgan fingerprint density at radius 2 is 1.81 bits per heavy atom. The van der Waals surface area contributed by atoms with Crippen molar-refractivity contribution >= 4 is 21.7 Å². The molecule has 14 heteroatoms. The average Bonchev–Trinajstić information content (AvgIpc) is 3.89. The van der Waals surface area contributed by atoms with Gasteiger partial charge in [-0.15, -0.1) is 0 Å². The third-order valence-corrected chi connectivity index (χ3v) is 12.4. The Balaban J connectivity index is 0.932. The van der Waals surface area contributed by atoms with Gasteiger partial charge in [0.2, 0.25) is 10.0 Å². The van der Waals surface area contributed by atoms with E-state index in [2.05, 4.69) is 24.5 Å². The summed E-state index contributed by atoms with van der Waals surface area (Å²) in [6.45, 7) is 9.65. The van der Waals surface area contributed by atoms with Crippen LogP contribution >= 0.6 is 0 Å². The molecule has 0 bridgehead atoms. The average molecular weight is 673 g/mol. The van der Waals surface area contributed by atoms with Crippen molar-refractivity contribution in [3.05, 3.63) is 42.1 Å². The third kappa shape index (κ3) is 7.12. The largest absolute Gasteiger partial charge is 0.451 e. The molecule has 7 rings (SSSR count). The number of ether oxygens (including phenoxy) is 3. The summed E-state index contributed by atoms with van der Waals surface area (Å²) in [7, 11) is -3.19. The number of carbonyl (C=O) groups excluding carboxylic acids is 1. The van der Waals surface area contributed by atoms with Crippen molar-refractivity contribution < 1.29 is 31.8 Å². The number of amides is 1. The van der Waals surface area contributed by atoms with E-state index in [1.54, 1.807) is 11.1 Å². The Bertz CT molecular complexity index is 1540. The predicted octanol–water partition coefficient (Wildman–Crippen LogP) is 3.19. The Kier molecular flexibility index (Phi) is 9.15. The molecule has 12 nitrogen and oxygen atoms in total. The normalized spacial score (nSPS) is 28.2. The van der Waals surface area contributed by atoms with Crippen LogP contribution in [0.1, 0.15) is 62.7 Å². The van der Waals surface area contributed by atoms with Gasteiger partial charge >= 0.3 is 0 Å². The van der Waals surface area contributed by atoms with Gasteiger partial charge in [0, 0.05) is 31.1 Å². The summed E-state index contributed by atoms with van der Waals surface area (Å²) in [5.41, 5.74) is 0.350. The van der Waals surface area contributed by atoms with Gasteiger partial charge in [0.15, 0.2) is 11.6 Å². The number of benzene rings is 1. The minimum Gasteiger partial charge on any atom is -0.451 e. The number of morpholine rings is 1. The van der Waals surface area contributed by atoms with Crippen molar-refractivity contribution in [1.29, 1.82) is 0 Å². The molecular weight excluding hydrogens is 627 g/mol. The van der Waals surface area contributed by atoms with Crippen LogP contribution in [0.15, 0.2) is 30.7 Å². The third-order valence-electron chi connectivity index (χ3n) is 10.3. The van der Waals surface area contributed by atoms with Crippen LogP contribution in [0.5, 0.6) is 11.5 Å². The highest BCUT2D eigenvalue weighted by Gasteiger charge is 2.46. The second-order valence-corrected chi connectivity index (χ2v) is 16.1. The maximum absolute atomic E-state index is 14.4. The van der Waals surface area contributed by atoms with Crippen molar-refractivity contribution in [2.75, 3.05) is 57.4 Å². The quantitative estimate of drug-likeness (QED) is 0.425. The molecule has 0 unspecified atom stereocenters. The fourth-order valence-electron chi connectivity index (χ4n) is 7.52. The Morgan fingerprint density at radius 1 is 1.06 bits per heavy atom. The first-order valence-electron chi connectivity index (χ1n) is 16.9. The number of hydrogen-bond donors (Lipinski definition) is 1. The summed E-state index contributed by atoms with van der Waals surface area (Å²) in [6.07, 6.45) is 8.54. The molecule has 4 aliphatic heterocycles. The number of nitrogens with one attached hydrogen (secondary N) is 1. The molecule has 1 saturated carbocycles. The lowest BCUT2D eigenvalue weighted by molar-refractivity contribution is -0.0299. The maximum atomic E-state index is 14.4. The van der Waals surface area contributed by atoms with Gasteiger partial charge in [-0.1, -0.05) is 0 Å². The fourth-order valence-corrected chi connectivity index (χ4v) is 9.12. The fraction of sp³-hybridized carbons (Fsp3) is 0.667. The number of carbonyl (C=O) groups is 1. The van der Waals surface area contributed by atoms with E-state index >= 15 is 0 Å². The number of hydrogen-bond acceptors (Lipinski definition) is 10. The van der Waals surface area contributed by atoms with Gasteiger partial charge in [-0.25, -0.2) is 27.5 Å². The van der Waals surface area contributed by atoms with E-state index in [-0.39, 0.29) is 52.1 Å². The Hall–Kier alpha value is -2.91. The molecule has 1 spiro atoms. The van der Waals surface area contributed by atoms with E-state index in [0.717, 1.165) is 71.2 Å². The lowest BCUT2D eigenvalue weighted by atomic mass is 9.72. The lowest BCUT2D eigenvalue weighted by Gasteiger charge is -2.54. The smallest absolute Gasteiger partial charge is 0.258 e. The minimum absolute atomic E-state index is 0.120. The van der Waals surface area contributed by atoms with Gasteiger partial charge in [0.25, 0.3) is 5.91 Å². The van der Waals surface area contributed by atoms with Crippen molar-refractivity contribution in [2.24, 2.45) is 5.41 Å². The summed E-state index contributed by atoms with van der Waals surface area (Å²) < 4.78 is 59.8. The van der Waals surface area contributed by atoms with E-state index in [9.17, 15) is 17.6 Å². The van der Waals surface area contributed by atoms with Crippen molar-refractivity contribution in [2.45, 2.75) is 81.9 Å². The number of halogens is 1. The Labute approximate surface area is 276 Å². The van der Waals surface area contributed by atoms with E-state index in [4.69, 9.17) is 14.2 Å². The second-order valence-electron chi connectivity index (χ2n) is 14.1. The van der Waals surface area contributed by atoms with E-state index in [0.29, 0.717) is 31.4 Å². The molecule has 1 N–H and O–H groups in total. The molecule has 1 aromatic heterocycles. The molecule has 1 amide bonds. The number of likely N-dealkylation sites (tertiary alicyclic amines) is 1. The van der Waals surface area contributed by atoms with E-state index < -0.39 is 15.8 Å². The van der Waals surface area contributed by atoms with Crippen molar-refractivity contribution in [3.8, 4) is 11.5 Å². The molecular formula is C33H45FN6O6S. The van der Waals surface area contributed by atoms with Gasteiger partial charge in [0.1, 0.15) is 17.9 Å². The molecule has 1 aliphatic carbocycles. The molecule has 0 radical (unpaired) electrons. The highest BCUT2D eigenvalue weighted by atomic mass is 32.2. The summed E-state index contributed by atoms with van der Waals surface area (Å²) >= 11 is 0. The molecule has 5 aliphatic rings. The summed E-state index contributed by atoms with van der Waals surface area (Å²) in [5, 5.41) is -0.205. The highest BCUT2D eigenvalue weighted by molar-refractivity contribution is 7.90. The SMILES string of the molecule is C[C@@H]1COC[C@@H](C)N1C(=O)c1cc(F)ccc1Oc1cncnc1N1CC2(CCN(C[C@@H]3CC[C@@H](NS(=O)(=O)C4CC4)CO3)CC2)C1.